The molecule has 92 valence electrons. The molecule has 0 fully saturated rings. The number of allylic oxidation sites excluding steroid dienone is 3. The average Bonchev–Trinajstić information content (AvgIpc) is 2.85. The number of ether oxygens (including phenoxy) is 1. The second-order valence-electron chi connectivity index (χ2n) is 4.32. The number of aliphatic imine (C=N–C) groups is 1. The summed E-state index contributed by atoms with van der Waals surface area (Å²) in [6, 6.07) is 0. The highest BCUT2D eigenvalue weighted by atomic mass is 35.5. The Kier molecular flexibility index (Phi) is 3.67. The van der Waals surface area contributed by atoms with Crippen LogP contribution in [0.15, 0.2) is 28.4 Å². The molecule has 0 bridgehead atoms. The summed E-state index contributed by atoms with van der Waals surface area (Å²) in [5, 5.41) is 0.0674. The molecule has 17 heavy (non-hydrogen) atoms. The summed E-state index contributed by atoms with van der Waals surface area (Å²) >= 11 is 6.05. The number of esters is 1. The van der Waals surface area contributed by atoms with E-state index < -0.39 is 0 Å². The van der Waals surface area contributed by atoms with Crippen LogP contribution in [0.4, 0.5) is 0 Å². The molecule has 4 heteroatoms. The zero-order chi connectivity index (χ0) is 12.4. The molecule has 0 aromatic carbocycles. The minimum atomic E-state index is -0.251. The van der Waals surface area contributed by atoms with Crippen molar-refractivity contribution in [1.82, 2.24) is 0 Å². The van der Waals surface area contributed by atoms with Gasteiger partial charge in [0, 0.05) is 17.8 Å². The Bertz CT molecular complexity index is 412. The van der Waals surface area contributed by atoms with E-state index >= 15 is 0 Å². The average molecular weight is 254 g/mol. The van der Waals surface area contributed by atoms with Crippen molar-refractivity contribution in [2.75, 3.05) is 6.61 Å². The Morgan fingerprint density at radius 1 is 1.59 bits per heavy atom. The lowest BCUT2D eigenvalue weighted by molar-refractivity contribution is -0.139. The maximum atomic E-state index is 11.9. The van der Waals surface area contributed by atoms with Crippen LogP contribution < -0.4 is 0 Å². The maximum absolute atomic E-state index is 11.9. The van der Waals surface area contributed by atoms with E-state index in [2.05, 4.69) is 11.1 Å². The largest absolute Gasteiger partial charge is 0.463 e. The molecule has 1 heterocycles. The zero-order valence-corrected chi connectivity index (χ0v) is 10.8. The van der Waals surface area contributed by atoms with Crippen molar-refractivity contribution in [3.63, 3.8) is 0 Å². The van der Waals surface area contributed by atoms with Gasteiger partial charge in [-0.1, -0.05) is 12.2 Å². The molecular formula is C13H16ClNO2. The Morgan fingerprint density at radius 3 is 2.94 bits per heavy atom. The highest BCUT2D eigenvalue weighted by Gasteiger charge is 2.34. The van der Waals surface area contributed by atoms with Gasteiger partial charge in [-0.15, -0.1) is 11.6 Å². The van der Waals surface area contributed by atoms with Gasteiger partial charge in [-0.3, -0.25) is 4.99 Å². The molecule has 0 saturated heterocycles. The van der Waals surface area contributed by atoms with Crippen molar-refractivity contribution in [3.8, 4) is 0 Å². The molecule has 3 nitrogen and oxygen atoms in total. The normalized spacial score (nSPS) is 31.4. The van der Waals surface area contributed by atoms with Crippen LogP contribution in [0, 0.1) is 11.8 Å². The van der Waals surface area contributed by atoms with E-state index in [9.17, 15) is 4.79 Å². The van der Waals surface area contributed by atoms with Gasteiger partial charge in [-0.2, -0.15) is 0 Å². The minimum absolute atomic E-state index is 0.0223. The molecule has 0 aromatic rings. The molecule has 0 amide bonds. The lowest BCUT2D eigenvalue weighted by atomic mass is 9.86. The number of hydrogen-bond acceptors (Lipinski definition) is 3. The van der Waals surface area contributed by atoms with Gasteiger partial charge in [-0.25, -0.2) is 4.79 Å². The molecule has 1 aliphatic carbocycles. The van der Waals surface area contributed by atoms with Crippen molar-refractivity contribution >= 4 is 23.8 Å². The van der Waals surface area contributed by atoms with Crippen LogP contribution in [-0.2, 0) is 9.53 Å². The quantitative estimate of drug-likeness (QED) is 0.441. The number of carbonyl (C=O) groups excluding carboxylic acids is 1. The molecule has 3 atom stereocenters. The van der Waals surface area contributed by atoms with Crippen LogP contribution in [0.25, 0.3) is 0 Å². The van der Waals surface area contributed by atoms with Crippen molar-refractivity contribution < 1.29 is 9.53 Å². The van der Waals surface area contributed by atoms with Gasteiger partial charge in [0.05, 0.1) is 17.6 Å². The number of alkyl halides is 1. The minimum Gasteiger partial charge on any atom is -0.463 e. The van der Waals surface area contributed by atoms with Gasteiger partial charge in [0.1, 0.15) is 0 Å². The van der Waals surface area contributed by atoms with Gasteiger partial charge < -0.3 is 4.74 Å². The second kappa shape index (κ2) is 5.05. The van der Waals surface area contributed by atoms with Crippen LogP contribution in [-0.4, -0.2) is 24.2 Å². The number of nitrogens with zero attached hydrogens (tertiary/aromatic N) is 1. The molecule has 1 aliphatic heterocycles. The number of hydrogen-bond donors (Lipinski definition) is 0. The third-order valence-corrected chi connectivity index (χ3v) is 3.50. The van der Waals surface area contributed by atoms with Gasteiger partial charge in [-0.05, 0) is 26.2 Å². The summed E-state index contributed by atoms with van der Waals surface area (Å²) in [6.07, 6.45) is 6.75. The summed E-state index contributed by atoms with van der Waals surface area (Å²) in [4.78, 5) is 16.1. The van der Waals surface area contributed by atoms with Gasteiger partial charge in [0.25, 0.3) is 0 Å². The van der Waals surface area contributed by atoms with Crippen LogP contribution in [0.2, 0.25) is 0 Å². The molecule has 0 spiro atoms. The molecule has 2 rings (SSSR count). The zero-order valence-electron chi connectivity index (χ0n) is 10.0. The van der Waals surface area contributed by atoms with Gasteiger partial charge in [0.2, 0.25) is 0 Å². The molecular weight excluding hydrogens is 238 g/mol. The van der Waals surface area contributed by atoms with Crippen LogP contribution in [0.1, 0.15) is 20.3 Å². The second-order valence-corrected chi connectivity index (χ2v) is 4.88. The SMILES string of the molecule is CCOC(=O)C1=C(C)N=CC1C1C=C[C@H](Cl)C1. The third-order valence-electron chi connectivity index (χ3n) is 3.17. The standard InChI is InChI=1S/C13H16ClNO2/c1-3-17-13(16)12-8(2)15-7-11(12)9-4-5-10(14)6-9/h4-5,7,9-11H,3,6H2,1-2H3/t9?,10-,11?/m0/s1. The Labute approximate surface area is 106 Å². The predicted molar refractivity (Wildman–Crippen MR) is 68.2 cm³/mol. The third kappa shape index (κ3) is 2.44. The fourth-order valence-corrected chi connectivity index (χ4v) is 2.63. The monoisotopic (exact) mass is 253 g/mol. The number of rotatable bonds is 3. The molecule has 2 unspecified atom stereocenters. The summed E-state index contributed by atoms with van der Waals surface area (Å²) in [5.74, 6) is 0.0334. The maximum Gasteiger partial charge on any atom is 0.336 e. The fourth-order valence-electron chi connectivity index (χ4n) is 2.34. The molecule has 0 radical (unpaired) electrons. The summed E-state index contributed by atoms with van der Waals surface area (Å²) in [6.45, 7) is 4.05. The predicted octanol–water partition coefficient (Wildman–Crippen LogP) is 2.71. The van der Waals surface area contributed by atoms with Crippen LogP contribution >= 0.6 is 11.6 Å². The summed E-state index contributed by atoms with van der Waals surface area (Å²) in [7, 11) is 0. The van der Waals surface area contributed by atoms with Gasteiger partial charge >= 0.3 is 5.97 Å². The van der Waals surface area contributed by atoms with Crippen molar-refractivity contribution in [1.29, 1.82) is 0 Å². The highest BCUT2D eigenvalue weighted by Crippen LogP contribution is 2.36. The summed E-state index contributed by atoms with van der Waals surface area (Å²) < 4.78 is 5.08. The Balaban J connectivity index is 2.16. The van der Waals surface area contributed by atoms with Crippen LogP contribution in [0.3, 0.4) is 0 Å². The first kappa shape index (κ1) is 12.4. The van der Waals surface area contributed by atoms with Crippen molar-refractivity contribution in [3.05, 3.63) is 23.4 Å². The van der Waals surface area contributed by atoms with E-state index in [-0.39, 0.29) is 23.2 Å². The van der Waals surface area contributed by atoms with E-state index in [1.54, 1.807) is 0 Å². The Morgan fingerprint density at radius 2 is 2.35 bits per heavy atom. The molecule has 2 aliphatic rings. The van der Waals surface area contributed by atoms with E-state index in [1.807, 2.05) is 26.1 Å². The highest BCUT2D eigenvalue weighted by molar-refractivity contribution is 6.22. The topological polar surface area (TPSA) is 38.7 Å². The van der Waals surface area contributed by atoms with Gasteiger partial charge in [0.15, 0.2) is 0 Å². The number of carbonyl (C=O) groups is 1. The fraction of sp³-hybridized carbons (Fsp3) is 0.538. The first-order valence-electron chi connectivity index (χ1n) is 5.88. The van der Waals surface area contributed by atoms with E-state index in [4.69, 9.17) is 16.3 Å². The van der Waals surface area contributed by atoms with Crippen molar-refractivity contribution in [2.45, 2.75) is 25.6 Å². The van der Waals surface area contributed by atoms with Crippen LogP contribution in [0.5, 0.6) is 0 Å². The smallest absolute Gasteiger partial charge is 0.336 e. The molecule has 0 saturated carbocycles. The summed E-state index contributed by atoms with van der Waals surface area (Å²) in [5.41, 5.74) is 1.45. The number of halogens is 1. The van der Waals surface area contributed by atoms with E-state index in [1.165, 1.54) is 0 Å². The lowest BCUT2D eigenvalue weighted by Crippen LogP contribution is -2.21. The lowest BCUT2D eigenvalue weighted by Gasteiger charge is -2.18. The molecule has 0 aromatic heterocycles. The van der Waals surface area contributed by atoms with E-state index in [0.29, 0.717) is 12.2 Å². The Hall–Kier alpha value is -1.09. The van der Waals surface area contributed by atoms with E-state index in [0.717, 1.165) is 12.1 Å². The first-order chi connectivity index (χ1) is 8.13. The molecule has 0 N–H and O–H groups in total. The van der Waals surface area contributed by atoms with Crippen molar-refractivity contribution in [2.24, 2.45) is 16.8 Å². The first-order valence-corrected chi connectivity index (χ1v) is 6.31.